The van der Waals surface area contributed by atoms with E-state index in [9.17, 15) is 19.8 Å². The lowest BCUT2D eigenvalue weighted by molar-refractivity contribution is -0.253. The molecule has 2 N–H and O–H groups in total. The molecule has 5 heteroatoms. The Hall–Kier alpha value is -1.20. The van der Waals surface area contributed by atoms with Crippen LogP contribution in [0.15, 0.2) is 11.6 Å². The summed E-state index contributed by atoms with van der Waals surface area (Å²) in [6, 6.07) is 0. The van der Waals surface area contributed by atoms with Crippen LogP contribution >= 0.6 is 0 Å². The zero-order valence-corrected chi connectivity index (χ0v) is 19.1. The second-order valence-electron chi connectivity index (χ2n) is 11.9. The van der Waals surface area contributed by atoms with Gasteiger partial charge in [-0.05, 0) is 79.6 Å². The van der Waals surface area contributed by atoms with Gasteiger partial charge in [0, 0.05) is 5.92 Å². The molecule has 0 bridgehead atoms. The van der Waals surface area contributed by atoms with Crippen molar-refractivity contribution >= 4 is 12.3 Å². The van der Waals surface area contributed by atoms with Crippen molar-refractivity contribution < 1.29 is 24.5 Å². The van der Waals surface area contributed by atoms with E-state index in [0.717, 1.165) is 25.3 Å². The molecular weight excluding hydrogens is 380 g/mol. The minimum Gasteiger partial charge on any atom is -0.453 e. The molecule has 3 aliphatic carbocycles. The van der Waals surface area contributed by atoms with Crippen LogP contribution in [0.1, 0.15) is 79.6 Å². The summed E-state index contributed by atoms with van der Waals surface area (Å²) < 4.78 is 5.90. The molecule has 4 rings (SSSR count). The zero-order valence-electron chi connectivity index (χ0n) is 19.1. The average molecular weight is 419 g/mol. The first-order chi connectivity index (χ1) is 13.9. The SMILES string of the molecule is CC1(C)CCC[C@]2(C)[C@H]3C[C@H](O)[C@]4(C)OC(=O)/C(=C\C=O)[C@@H](O)C[C@H]4[C@]3(C)CC[C@@H]12. The van der Waals surface area contributed by atoms with Crippen molar-refractivity contribution in [2.24, 2.45) is 34.0 Å². The summed E-state index contributed by atoms with van der Waals surface area (Å²) in [6.45, 7) is 11.3. The number of aldehydes is 1. The molecule has 0 spiro atoms. The number of aliphatic hydroxyl groups excluding tert-OH is 2. The Bertz CT molecular complexity index is 772. The Kier molecular flexibility index (Phi) is 5.06. The van der Waals surface area contributed by atoms with Gasteiger partial charge in [-0.3, -0.25) is 4.79 Å². The number of fused-ring (bicyclic) bond motifs is 5. The van der Waals surface area contributed by atoms with Crippen LogP contribution in [-0.2, 0) is 14.3 Å². The van der Waals surface area contributed by atoms with Gasteiger partial charge in [-0.25, -0.2) is 4.79 Å². The van der Waals surface area contributed by atoms with Crippen molar-refractivity contribution in [1.29, 1.82) is 0 Å². The van der Waals surface area contributed by atoms with Crippen molar-refractivity contribution in [2.75, 3.05) is 0 Å². The number of ether oxygens (including phenoxy) is 1. The van der Waals surface area contributed by atoms with E-state index in [1.807, 2.05) is 6.92 Å². The van der Waals surface area contributed by atoms with Crippen LogP contribution in [0.2, 0.25) is 0 Å². The summed E-state index contributed by atoms with van der Waals surface area (Å²) in [4.78, 5) is 23.8. The number of rotatable bonds is 1. The van der Waals surface area contributed by atoms with Gasteiger partial charge in [0.15, 0.2) is 0 Å². The highest BCUT2D eigenvalue weighted by Gasteiger charge is 2.68. The molecule has 1 aliphatic heterocycles. The third-order valence-electron chi connectivity index (χ3n) is 10.1. The number of aliphatic hydroxyl groups is 2. The highest BCUT2D eigenvalue weighted by Crippen LogP contribution is 2.70. The number of hydrogen-bond donors (Lipinski definition) is 2. The first-order valence-electron chi connectivity index (χ1n) is 11.6. The van der Waals surface area contributed by atoms with E-state index in [1.54, 1.807) is 0 Å². The molecule has 0 aromatic carbocycles. The average Bonchev–Trinajstić information content (AvgIpc) is 2.74. The smallest absolute Gasteiger partial charge is 0.337 e. The van der Waals surface area contributed by atoms with Gasteiger partial charge < -0.3 is 14.9 Å². The van der Waals surface area contributed by atoms with Gasteiger partial charge >= 0.3 is 5.97 Å². The highest BCUT2D eigenvalue weighted by molar-refractivity contribution is 5.94. The molecule has 1 saturated heterocycles. The second-order valence-corrected chi connectivity index (χ2v) is 11.9. The van der Waals surface area contributed by atoms with E-state index in [4.69, 9.17) is 4.74 Å². The van der Waals surface area contributed by atoms with Crippen molar-refractivity contribution in [1.82, 2.24) is 0 Å². The van der Waals surface area contributed by atoms with Crippen LogP contribution in [-0.4, -0.2) is 40.3 Å². The van der Waals surface area contributed by atoms with Gasteiger partial charge in [0.2, 0.25) is 0 Å². The number of allylic oxidation sites excluding steroid dienone is 1. The van der Waals surface area contributed by atoms with E-state index in [1.165, 1.54) is 12.8 Å². The van der Waals surface area contributed by atoms with E-state index < -0.39 is 23.8 Å². The molecule has 0 aromatic heterocycles. The fraction of sp³-hybridized carbons (Fsp3) is 0.840. The molecule has 1 heterocycles. The van der Waals surface area contributed by atoms with Crippen LogP contribution < -0.4 is 0 Å². The van der Waals surface area contributed by atoms with Crippen LogP contribution in [0.3, 0.4) is 0 Å². The lowest BCUT2D eigenvalue weighted by Crippen LogP contribution is -2.67. The molecule has 0 radical (unpaired) electrons. The van der Waals surface area contributed by atoms with E-state index >= 15 is 0 Å². The largest absolute Gasteiger partial charge is 0.453 e. The molecule has 30 heavy (non-hydrogen) atoms. The molecule has 0 aromatic rings. The molecular formula is C25H38O5. The van der Waals surface area contributed by atoms with Gasteiger partial charge in [0.05, 0.1) is 17.8 Å². The summed E-state index contributed by atoms with van der Waals surface area (Å²) in [5.74, 6) is 0.0634. The number of carbonyl (C=O) groups is 2. The third-order valence-corrected chi connectivity index (χ3v) is 10.1. The standard InChI is InChI=1S/C25H38O5/c1-22(2)9-6-10-23(3)17(22)7-11-24(4)18(23)14-20(28)25(5)19(24)13-16(27)15(8-12-26)21(29)30-25/h8,12,16-20,27-28H,6-7,9-11,13-14H2,1-5H3/b15-8-/t16-,17-,18+,19-,20-,23-,24+,25+/m0/s1. The van der Waals surface area contributed by atoms with Crippen LogP contribution in [0, 0.1) is 34.0 Å². The Morgan fingerprint density at radius 2 is 1.60 bits per heavy atom. The Morgan fingerprint density at radius 1 is 0.933 bits per heavy atom. The van der Waals surface area contributed by atoms with Crippen LogP contribution in [0.4, 0.5) is 0 Å². The maximum atomic E-state index is 12.7. The summed E-state index contributed by atoms with van der Waals surface area (Å²) in [6.07, 6.45) is 6.49. The van der Waals surface area contributed by atoms with Crippen molar-refractivity contribution in [3.63, 3.8) is 0 Å². The fourth-order valence-corrected chi connectivity index (χ4v) is 8.63. The molecule has 0 amide bonds. The van der Waals surface area contributed by atoms with Crippen molar-refractivity contribution in [3.8, 4) is 0 Å². The molecule has 4 fully saturated rings. The highest BCUT2D eigenvalue weighted by atomic mass is 16.6. The van der Waals surface area contributed by atoms with E-state index in [-0.39, 0.29) is 27.7 Å². The van der Waals surface area contributed by atoms with E-state index in [2.05, 4.69) is 27.7 Å². The molecule has 8 atom stereocenters. The maximum Gasteiger partial charge on any atom is 0.337 e. The lowest BCUT2D eigenvalue weighted by Gasteiger charge is -2.68. The molecule has 4 aliphatic rings. The molecule has 5 nitrogen and oxygen atoms in total. The van der Waals surface area contributed by atoms with Gasteiger partial charge in [-0.2, -0.15) is 0 Å². The van der Waals surface area contributed by atoms with Gasteiger partial charge in [-0.1, -0.05) is 34.1 Å². The number of carbonyl (C=O) groups excluding carboxylic acids is 2. The van der Waals surface area contributed by atoms with Gasteiger partial charge in [0.25, 0.3) is 0 Å². The minimum atomic E-state index is -1.06. The quantitative estimate of drug-likeness (QED) is 0.384. The van der Waals surface area contributed by atoms with Gasteiger partial charge in [-0.15, -0.1) is 0 Å². The maximum absolute atomic E-state index is 12.7. The molecule has 168 valence electrons. The zero-order chi connectivity index (χ0) is 22.1. The third kappa shape index (κ3) is 2.87. The van der Waals surface area contributed by atoms with Crippen molar-refractivity contribution in [2.45, 2.75) is 97.4 Å². The first-order valence-corrected chi connectivity index (χ1v) is 11.6. The van der Waals surface area contributed by atoms with Gasteiger partial charge in [0.1, 0.15) is 11.9 Å². The monoisotopic (exact) mass is 418 g/mol. The van der Waals surface area contributed by atoms with Crippen LogP contribution in [0.25, 0.3) is 0 Å². The Labute approximate surface area is 180 Å². The fourth-order valence-electron chi connectivity index (χ4n) is 8.63. The second kappa shape index (κ2) is 6.90. The summed E-state index contributed by atoms with van der Waals surface area (Å²) in [7, 11) is 0. The summed E-state index contributed by atoms with van der Waals surface area (Å²) in [5.41, 5.74) is -0.791. The van der Waals surface area contributed by atoms with Crippen molar-refractivity contribution in [3.05, 3.63) is 11.6 Å². The Balaban J connectivity index is 1.79. The van der Waals surface area contributed by atoms with E-state index in [0.29, 0.717) is 31.0 Å². The minimum absolute atomic E-state index is 0.00618. The first kappa shape index (κ1) is 22.0. The topological polar surface area (TPSA) is 83.8 Å². The van der Waals surface area contributed by atoms with Crippen LogP contribution in [0.5, 0.6) is 0 Å². The number of hydrogen-bond acceptors (Lipinski definition) is 5. The Morgan fingerprint density at radius 3 is 2.27 bits per heavy atom. The predicted molar refractivity (Wildman–Crippen MR) is 113 cm³/mol. The predicted octanol–water partition coefficient (Wildman–Crippen LogP) is 3.81. The summed E-state index contributed by atoms with van der Waals surface area (Å²) in [5, 5.41) is 22.2. The molecule has 0 unspecified atom stereocenters. The lowest BCUT2D eigenvalue weighted by atomic mass is 9.37. The normalized spacial score (nSPS) is 51.8. The number of esters is 1. The molecule has 3 saturated carbocycles. The summed E-state index contributed by atoms with van der Waals surface area (Å²) >= 11 is 0.